The molecule has 2 rings (SSSR count). The van der Waals surface area contributed by atoms with E-state index in [4.69, 9.17) is 5.73 Å². The molecular formula is C12H20N2S. The molecule has 0 aromatic carbocycles. The molecule has 2 N–H and O–H groups in total. The van der Waals surface area contributed by atoms with Crippen molar-refractivity contribution >= 4 is 11.5 Å². The fraction of sp³-hybridized carbons (Fsp3) is 0.750. The zero-order valence-electron chi connectivity index (χ0n) is 9.52. The minimum atomic E-state index is 0.395. The van der Waals surface area contributed by atoms with Crippen molar-refractivity contribution in [3.63, 3.8) is 0 Å². The molecule has 3 unspecified atom stereocenters. The minimum Gasteiger partial charge on any atom is -0.328 e. The maximum Gasteiger partial charge on any atom is 0.0409 e. The van der Waals surface area contributed by atoms with E-state index in [0.29, 0.717) is 12.0 Å². The van der Waals surface area contributed by atoms with E-state index >= 15 is 0 Å². The summed E-state index contributed by atoms with van der Waals surface area (Å²) in [5.74, 6) is 2.20. The number of rotatable bonds is 2. The summed E-state index contributed by atoms with van der Waals surface area (Å²) in [6.07, 6.45) is 5.53. The summed E-state index contributed by atoms with van der Waals surface area (Å²) in [6.45, 7) is 4.66. The quantitative estimate of drug-likeness (QED) is 0.838. The molecule has 15 heavy (non-hydrogen) atoms. The van der Waals surface area contributed by atoms with Crippen LogP contribution in [0.25, 0.3) is 0 Å². The van der Waals surface area contributed by atoms with Crippen LogP contribution in [0.1, 0.15) is 43.9 Å². The van der Waals surface area contributed by atoms with E-state index < -0.39 is 0 Å². The Morgan fingerprint density at radius 2 is 2.27 bits per heavy atom. The van der Waals surface area contributed by atoms with Gasteiger partial charge in [-0.05, 0) is 54.6 Å². The molecule has 3 heteroatoms. The number of hydrogen-bond acceptors (Lipinski definition) is 3. The van der Waals surface area contributed by atoms with Crippen LogP contribution in [0, 0.1) is 11.8 Å². The van der Waals surface area contributed by atoms with Crippen LogP contribution in [0.15, 0.2) is 12.3 Å². The third-order valence-corrected chi connectivity index (χ3v) is 4.50. The summed E-state index contributed by atoms with van der Waals surface area (Å²) >= 11 is 1.65. The molecule has 1 aromatic heterocycles. The van der Waals surface area contributed by atoms with Crippen molar-refractivity contribution in [2.24, 2.45) is 17.6 Å². The van der Waals surface area contributed by atoms with Gasteiger partial charge in [0.2, 0.25) is 0 Å². The molecule has 0 aliphatic heterocycles. The second-order valence-electron chi connectivity index (χ2n) is 5.00. The average Bonchev–Trinajstić information content (AvgIpc) is 2.69. The first-order chi connectivity index (χ1) is 7.18. The van der Waals surface area contributed by atoms with Gasteiger partial charge in [-0.15, -0.1) is 0 Å². The Morgan fingerprint density at radius 3 is 2.87 bits per heavy atom. The Bertz CT molecular complexity index is 295. The highest BCUT2D eigenvalue weighted by Gasteiger charge is 2.32. The van der Waals surface area contributed by atoms with Crippen molar-refractivity contribution in [1.82, 2.24) is 4.37 Å². The van der Waals surface area contributed by atoms with Gasteiger partial charge in [-0.1, -0.05) is 13.8 Å². The highest BCUT2D eigenvalue weighted by Crippen LogP contribution is 2.42. The number of nitrogens with two attached hydrogens (primary N) is 1. The van der Waals surface area contributed by atoms with Crippen LogP contribution in [-0.4, -0.2) is 10.4 Å². The standard InChI is InChI=1S/C12H20N2S/c1-8(2)10-4-3-9(13)7-11(10)12-5-6-14-15-12/h5-6,8-11H,3-4,7,13H2,1-2H3. The van der Waals surface area contributed by atoms with Gasteiger partial charge in [-0.3, -0.25) is 0 Å². The van der Waals surface area contributed by atoms with Gasteiger partial charge in [0.1, 0.15) is 0 Å². The predicted molar refractivity (Wildman–Crippen MR) is 65.0 cm³/mol. The van der Waals surface area contributed by atoms with Crippen molar-refractivity contribution < 1.29 is 0 Å². The van der Waals surface area contributed by atoms with E-state index in [9.17, 15) is 0 Å². The third kappa shape index (κ3) is 2.40. The zero-order valence-corrected chi connectivity index (χ0v) is 10.3. The molecular weight excluding hydrogens is 204 g/mol. The monoisotopic (exact) mass is 224 g/mol. The SMILES string of the molecule is CC(C)C1CCC(N)CC1c1ccns1. The summed E-state index contributed by atoms with van der Waals surface area (Å²) in [7, 11) is 0. The van der Waals surface area contributed by atoms with Gasteiger partial charge in [0, 0.05) is 17.1 Å². The summed E-state index contributed by atoms with van der Waals surface area (Å²) in [5.41, 5.74) is 6.08. The van der Waals surface area contributed by atoms with Gasteiger partial charge >= 0.3 is 0 Å². The predicted octanol–water partition coefficient (Wildman–Crippen LogP) is 3.01. The lowest BCUT2D eigenvalue weighted by Gasteiger charge is -2.36. The van der Waals surface area contributed by atoms with Crippen molar-refractivity contribution in [2.75, 3.05) is 0 Å². The number of hydrogen-bond donors (Lipinski definition) is 1. The van der Waals surface area contributed by atoms with Crippen LogP contribution in [0.2, 0.25) is 0 Å². The molecule has 84 valence electrons. The van der Waals surface area contributed by atoms with Crippen LogP contribution in [-0.2, 0) is 0 Å². The van der Waals surface area contributed by atoms with E-state index in [0.717, 1.165) is 18.3 Å². The lowest BCUT2D eigenvalue weighted by atomic mass is 9.71. The molecule has 1 aliphatic rings. The highest BCUT2D eigenvalue weighted by molar-refractivity contribution is 7.05. The van der Waals surface area contributed by atoms with Gasteiger partial charge in [-0.2, -0.15) is 0 Å². The van der Waals surface area contributed by atoms with Crippen LogP contribution < -0.4 is 5.73 Å². The molecule has 2 nitrogen and oxygen atoms in total. The van der Waals surface area contributed by atoms with Gasteiger partial charge in [-0.25, -0.2) is 4.37 Å². The molecule has 1 heterocycles. The van der Waals surface area contributed by atoms with E-state index in [1.165, 1.54) is 17.7 Å². The largest absolute Gasteiger partial charge is 0.328 e. The highest BCUT2D eigenvalue weighted by atomic mass is 32.1. The molecule has 1 saturated carbocycles. The summed E-state index contributed by atoms with van der Waals surface area (Å²) < 4.78 is 4.22. The molecule has 0 radical (unpaired) electrons. The lowest BCUT2D eigenvalue weighted by molar-refractivity contribution is 0.223. The summed E-state index contributed by atoms with van der Waals surface area (Å²) in [4.78, 5) is 1.43. The number of nitrogens with zero attached hydrogens (tertiary/aromatic N) is 1. The Morgan fingerprint density at radius 1 is 1.47 bits per heavy atom. The first kappa shape index (κ1) is 11.1. The maximum atomic E-state index is 6.08. The third-order valence-electron chi connectivity index (χ3n) is 3.62. The Labute approximate surface area is 96.1 Å². The van der Waals surface area contributed by atoms with Gasteiger partial charge in [0.05, 0.1) is 0 Å². The van der Waals surface area contributed by atoms with Crippen LogP contribution in [0.3, 0.4) is 0 Å². The Hall–Kier alpha value is -0.410. The molecule has 0 saturated heterocycles. The maximum absolute atomic E-state index is 6.08. The van der Waals surface area contributed by atoms with Crippen LogP contribution >= 0.6 is 11.5 Å². The van der Waals surface area contributed by atoms with Crippen molar-refractivity contribution in [3.8, 4) is 0 Å². The van der Waals surface area contributed by atoms with Crippen LogP contribution in [0.4, 0.5) is 0 Å². The summed E-state index contributed by atoms with van der Waals surface area (Å²) in [5, 5.41) is 0. The molecule has 0 bridgehead atoms. The van der Waals surface area contributed by atoms with Crippen LogP contribution in [0.5, 0.6) is 0 Å². The van der Waals surface area contributed by atoms with Gasteiger partial charge < -0.3 is 5.73 Å². The fourth-order valence-corrected chi connectivity index (χ4v) is 3.54. The first-order valence-corrected chi connectivity index (χ1v) is 6.62. The summed E-state index contributed by atoms with van der Waals surface area (Å²) in [6, 6.07) is 2.56. The number of aromatic nitrogens is 1. The fourth-order valence-electron chi connectivity index (χ4n) is 2.77. The van der Waals surface area contributed by atoms with Gasteiger partial charge in [0.25, 0.3) is 0 Å². The molecule has 3 atom stereocenters. The van der Waals surface area contributed by atoms with Gasteiger partial charge in [0.15, 0.2) is 0 Å². The van der Waals surface area contributed by atoms with Crippen molar-refractivity contribution in [1.29, 1.82) is 0 Å². The molecule has 1 fully saturated rings. The molecule has 1 aliphatic carbocycles. The lowest BCUT2D eigenvalue weighted by Crippen LogP contribution is -2.33. The van der Waals surface area contributed by atoms with E-state index in [1.54, 1.807) is 11.5 Å². The molecule has 1 aromatic rings. The topological polar surface area (TPSA) is 38.9 Å². The Kier molecular flexibility index (Phi) is 3.42. The molecule has 0 amide bonds. The first-order valence-electron chi connectivity index (χ1n) is 5.84. The van der Waals surface area contributed by atoms with E-state index in [-0.39, 0.29) is 0 Å². The molecule has 0 spiro atoms. The second-order valence-corrected chi connectivity index (χ2v) is 5.87. The van der Waals surface area contributed by atoms with E-state index in [2.05, 4.69) is 24.3 Å². The minimum absolute atomic E-state index is 0.395. The normalized spacial score (nSPS) is 32.1. The van der Waals surface area contributed by atoms with Crippen molar-refractivity contribution in [3.05, 3.63) is 17.1 Å². The zero-order chi connectivity index (χ0) is 10.8. The Balaban J connectivity index is 2.17. The van der Waals surface area contributed by atoms with Crippen molar-refractivity contribution in [2.45, 2.75) is 45.1 Å². The smallest absolute Gasteiger partial charge is 0.0409 e. The van der Waals surface area contributed by atoms with E-state index in [1.807, 2.05) is 6.20 Å². The average molecular weight is 224 g/mol. The second kappa shape index (κ2) is 4.62.